The van der Waals surface area contributed by atoms with Crippen LogP contribution in [-0.2, 0) is 18.3 Å². The maximum atomic E-state index is 13.0. The zero-order chi connectivity index (χ0) is 22.1. The van der Waals surface area contributed by atoms with E-state index in [4.69, 9.17) is 0 Å². The lowest BCUT2D eigenvalue weighted by Crippen LogP contribution is -2.50. The number of nitrogens with one attached hydrogen (secondary N) is 1. The van der Waals surface area contributed by atoms with Crippen LogP contribution in [0.15, 0.2) is 59.5 Å². The van der Waals surface area contributed by atoms with Gasteiger partial charge in [0.25, 0.3) is 0 Å². The minimum Gasteiger partial charge on any atom is -0.381 e. The normalized spacial score (nSPS) is 25.6. The van der Waals surface area contributed by atoms with Crippen LogP contribution in [-0.4, -0.2) is 52.1 Å². The van der Waals surface area contributed by atoms with Crippen LogP contribution in [0.2, 0.25) is 0 Å². The lowest BCUT2D eigenvalue weighted by molar-refractivity contribution is -0.137. The summed E-state index contributed by atoms with van der Waals surface area (Å²) in [5.41, 5.74) is -0.876. The molecule has 0 bridgehead atoms. The summed E-state index contributed by atoms with van der Waals surface area (Å²) in [7, 11) is 0. The van der Waals surface area contributed by atoms with Crippen LogP contribution < -0.4 is 5.56 Å². The molecular weight excluding hydrogens is 407 g/mol. The fourth-order valence-corrected chi connectivity index (χ4v) is 4.38. The number of pyridine rings is 1. The van der Waals surface area contributed by atoms with Gasteiger partial charge in [-0.05, 0) is 36.1 Å². The number of rotatable bonds is 4. The molecule has 8 heteroatoms. The van der Waals surface area contributed by atoms with E-state index < -0.39 is 17.3 Å². The Labute approximate surface area is 178 Å². The van der Waals surface area contributed by atoms with Gasteiger partial charge < -0.3 is 10.1 Å². The molecule has 0 radical (unpaired) electrons. The quantitative estimate of drug-likeness (QED) is 0.728. The van der Waals surface area contributed by atoms with Crippen molar-refractivity contribution in [3.05, 3.63) is 81.8 Å². The zero-order valence-corrected chi connectivity index (χ0v) is 17.1. The monoisotopic (exact) mass is 433 g/mol. The summed E-state index contributed by atoms with van der Waals surface area (Å²) in [5, 5.41) is 11.0. The van der Waals surface area contributed by atoms with Crippen molar-refractivity contribution in [2.75, 3.05) is 26.2 Å². The Morgan fingerprint density at radius 2 is 1.90 bits per heavy atom. The van der Waals surface area contributed by atoms with Crippen molar-refractivity contribution < 1.29 is 18.3 Å². The molecule has 1 aromatic carbocycles. The topological polar surface area (TPSA) is 59.6 Å². The fraction of sp³-hybridized carbons (Fsp3) is 0.435. The molecule has 1 fully saturated rings. The molecule has 2 aliphatic rings. The molecule has 31 heavy (non-hydrogen) atoms. The molecule has 0 amide bonds. The molecule has 2 aromatic rings. The van der Waals surface area contributed by atoms with Crippen molar-refractivity contribution in [1.82, 2.24) is 14.8 Å². The molecule has 166 valence electrons. The first-order valence-corrected chi connectivity index (χ1v) is 10.5. The van der Waals surface area contributed by atoms with E-state index in [0.717, 1.165) is 50.4 Å². The van der Waals surface area contributed by atoms with Crippen LogP contribution in [0, 0.1) is 0 Å². The standard InChI is InChI=1S/C23H26F3N3O2/c24-23(25,26)19-3-1-2-18(14-19)22(31)8-6-20(7-9-22)29-12-10-28(11-13-29)16-17-4-5-21(30)27-15-17/h1-6,8,14-15,20,31H,7,9-13,16H2,(H,27,30)/t20-,22-/m1/s1. The molecule has 1 aliphatic heterocycles. The Bertz CT molecular complexity index is 976. The van der Waals surface area contributed by atoms with Crippen LogP contribution in [0.25, 0.3) is 0 Å². The molecule has 2 atom stereocenters. The van der Waals surface area contributed by atoms with Gasteiger partial charge >= 0.3 is 6.18 Å². The Kier molecular flexibility index (Phi) is 6.05. The number of H-pyrrole nitrogens is 1. The van der Waals surface area contributed by atoms with Gasteiger partial charge in [0.05, 0.1) is 5.56 Å². The first-order valence-electron chi connectivity index (χ1n) is 10.5. The number of alkyl halides is 3. The van der Waals surface area contributed by atoms with Crippen molar-refractivity contribution in [3.63, 3.8) is 0 Å². The van der Waals surface area contributed by atoms with Crippen molar-refractivity contribution in [3.8, 4) is 0 Å². The van der Waals surface area contributed by atoms with Crippen LogP contribution in [0.4, 0.5) is 13.2 Å². The number of aliphatic hydroxyl groups is 1. The molecule has 0 saturated carbocycles. The average Bonchev–Trinajstić information content (AvgIpc) is 2.76. The Balaban J connectivity index is 1.35. The van der Waals surface area contributed by atoms with Gasteiger partial charge in [-0.25, -0.2) is 0 Å². The highest BCUT2D eigenvalue weighted by Gasteiger charge is 2.36. The third-order valence-corrected chi connectivity index (χ3v) is 6.24. The number of aromatic amines is 1. The number of hydrogen-bond acceptors (Lipinski definition) is 4. The summed E-state index contributed by atoms with van der Waals surface area (Å²) in [4.78, 5) is 18.6. The van der Waals surface area contributed by atoms with E-state index in [2.05, 4.69) is 14.8 Å². The fourth-order valence-electron chi connectivity index (χ4n) is 4.38. The van der Waals surface area contributed by atoms with E-state index in [1.165, 1.54) is 12.1 Å². The van der Waals surface area contributed by atoms with Crippen LogP contribution in [0.3, 0.4) is 0 Å². The van der Waals surface area contributed by atoms with Gasteiger partial charge in [-0.15, -0.1) is 0 Å². The van der Waals surface area contributed by atoms with E-state index in [1.807, 2.05) is 12.1 Å². The lowest BCUT2D eigenvalue weighted by atomic mass is 9.82. The third kappa shape index (κ3) is 5.08. The highest BCUT2D eigenvalue weighted by Crippen LogP contribution is 2.37. The lowest BCUT2D eigenvalue weighted by Gasteiger charge is -2.41. The van der Waals surface area contributed by atoms with Crippen LogP contribution in [0.5, 0.6) is 0 Å². The van der Waals surface area contributed by atoms with Gasteiger partial charge in [-0.3, -0.25) is 14.6 Å². The summed E-state index contributed by atoms with van der Waals surface area (Å²) >= 11 is 0. The van der Waals surface area contributed by atoms with Gasteiger partial charge in [0, 0.05) is 51.0 Å². The second-order valence-electron chi connectivity index (χ2n) is 8.34. The summed E-state index contributed by atoms with van der Waals surface area (Å²) in [6, 6.07) is 8.50. The van der Waals surface area contributed by atoms with Gasteiger partial charge in [0.15, 0.2) is 0 Å². The highest BCUT2D eigenvalue weighted by atomic mass is 19.4. The molecule has 4 rings (SSSR count). The van der Waals surface area contributed by atoms with E-state index in [-0.39, 0.29) is 17.2 Å². The molecule has 1 aromatic heterocycles. The number of aromatic nitrogens is 1. The molecule has 2 N–H and O–H groups in total. The van der Waals surface area contributed by atoms with Gasteiger partial charge in [-0.2, -0.15) is 13.2 Å². The van der Waals surface area contributed by atoms with E-state index in [1.54, 1.807) is 18.3 Å². The maximum Gasteiger partial charge on any atom is 0.416 e. The van der Waals surface area contributed by atoms with E-state index in [9.17, 15) is 23.1 Å². The summed E-state index contributed by atoms with van der Waals surface area (Å²) < 4.78 is 39.1. The van der Waals surface area contributed by atoms with Crippen LogP contribution >= 0.6 is 0 Å². The molecule has 1 aliphatic carbocycles. The van der Waals surface area contributed by atoms with Crippen molar-refractivity contribution in [2.45, 2.75) is 37.2 Å². The van der Waals surface area contributed by atoms with Gasteiger partial charge in [0.2, 0.25) is 5.56 Å². The molecule has 1 saturated heterocycles. The summed E-state index contributed by atoms with van der Waals surface area (Å²) in [6.07, 6.45) is 1.97. The largest absolute Gasteiger partial charge is 0.416 e. The molecular formula is C23H26F3N3O2. The SMILES string of the molecule is O=c1ccc(CN2CCN([C@@H]3C=C[C@](O)(c4cccc(C(F)(F)F)c4)CC3)CC2)c[nH]1. The number of benzene rings is 1. The summed E-state index contributed by atoms with van der Waals surface area (Å²) in [6.45, 7) is 4.31. The van der Waals surface area contributed by atoms with Crippen LogP contribution in [0.1, 0.15) is 29.5 Å². The van der Waals surface area contributed by atoms with Gasteiger partial charge in [0.1, 0.15) is 5.60 Å². The molecule has 0 spiro atoms. The highest BCUT2D eigenvalue weighted by molar-refractivity contribution is 5.34. The second-order valence-corrected chi connectivity index (χ2v) is 8.34. The van der Waals surface area contributed by atoms with Crippen molar-refractivity contribution in [1.29, 1.82) is 0 Å². The third-order valence-electron chi connectivity index (χ3n) is 6.24. The van der Waals surface area contributed by atoms with E-state index in [0.29, 0.717) is 12.8 Å². The minimum atomic E-state index is -4.43. The number of hydrogen-bond donors (Lipinski definition) is 2. The van der Waals surface area contributed by atoms with Gasteiger partial charge in [-0.1, -0.05) is 30.4 Å². The molecule has 2 heterocycles. The van der Waals surface area contributed by atoms with E-state index >= 15 is 0 Å². The van der Waals surface area contributed by atoms with Crippen molar-refractivity contribution in [2.24, 2.45) is 0 Å². The Morgan fingerprint density at radius 1 is 1.13 bits per heavy atom. The predicted molar refractivity (Wildman–Crippen MR) is 111 cm³/mol. The number of piperazine rings is 1. The Hall–Kier alpha value is -2.42. The molecule has 5 nitrogen and oxygen atoms in total. The second kappa shape index (κ2) is 8.61. The first-order chi connectivity index (χ1) is 14.7. The average molecular weight is 433 g/mol. The summed E-state index contributed by atoms with van der Waals surface area (Å²) in [5.74, 6) is 0. The Morgan fingerprint density at radius 3 is 2.52 bits per heavy atom. The number of halogens is 3. The maximum absolute atomic E-state index is 13.0. The van der Waals surface area contributed by atoms with Crippen molar-refractivity contribution >= 4 is 0 Å². The molecule has 0 unspecified atom stereocenters. The number of nitrogens with zero attached hydrogens (tertiary/aromatic N) is 2. The minimum absolute atomic E-state index is 0.109. The predicted octanol–water partition coefficient (Wildman–Crippen LogP) is 3.12. The smallest absolute Gasteiger partial charge is 0.381 e. The zero-order valence-electron chi connectivity index (χ0n) is 17.1. The first kappa shape index (κ1) is 21.8.